The van der Waals surface area contributed by atoms with Gasteiger partial charge in [-0.3, -0.25) is 4.79 Å². The molecular weight excluding hydrogens is 376 g/mol. The second-order valence-corrected chi connectivity index (χ2v) is 4.90. The van der Waals surface area contributed by atoms with E-state index in [0.29, 0.717) is 10.9 Å². The Morgan fingerprint density at radius 3 is 2.60 bits per heavy atom. The summed E-state index contributed by atoms with van der Waals surface area (Å²) in [7, 11) is 3.30. The van der Waals surface area contributed by atoms with Gasteiger partial charge in [0.05, 0.1) is 5.56 Å². The van der Waals surface area contributed by atoms with Crippen molar-refractivity contribution in [2.24, 2.45) is 0 Å². The Labute approximate surface area is 110 Å². The van der Waals surface area contributed by atoms with Gasteiger partial charge in [-0.2, -0.15) is 0 Å². The highest BCUT2D eigenvalue weighted by molar-refractivity contribution is 14.1. The Morgan fingerprint density at radius 1 is 1.53 bits per heavy atom. The zero-order valence-corrected chi connectivity index (χ0v) is 12.1. The number of rotatable bonds is 2. The molecule has 1 aromatic rings. The largest absolute Gasteiger partial charge is 0.345 e. The van der Waals surface area contributed by atoms with Crippen molar-refractivity contribution in [2.75, 3.05) is 14.1 Å². The van der Waals surface area contributed by atoms with Gasteiger partial charge in [-0.25, -0.2) is 4.39 Å². The van der Waals surface area contributed by atoms with Gasteiger partial charge in [-0.15, -0.1) is 0 Å². The van der Waals surface area contributed by atoms with E-state index in [1.807, 2.05) is 0 Å². The van der Waals surface area contributed by atoms with Crippen LogP contribution >= 0.6 is 38.5 Å². The molecule has 1 aromatic carbocycles. The molecule has 2 nitrogen and oxygen atoms in total. The van der Waals surface area contributed by atoms with E-state index in [-0.39, 0.29) is 11.7 Å². The fraction of sp³-hybridized carbons (Fsp3) is 0.300. The summed E-state index contributed by atoms with van der Waals surface area (Å²) in [5, 5.41) is 0.538. The number of amides is 1. The summed E-state index contributed by atoms with van der Waals surface area (Å²) < 4.78 is 14.0. The normalized spacial score (nSPS) is 10.2. The lowest BCUT2D eigenvalue weighted by molar-refractivity contribution is 0.0826. The number of carbonyl (C=O) groups is 1. The van der Waals surface area contributed by atoms with Crippen molar-refractivity contribution in [1.29, 1.82) is 0 Å². The Hall–Kier alpha value is -0.170. The molecule has 1 amide bonds. The van der Waals surface area contributed by atoms with Crippen LogP contribution in [0.5, 0.6) is 0 Å². The second-order valence-electron chi connectivity index (χ2n) is 3.26. The van der Waals surface area contributed by atoms with E-state index in [1.54, 1.807) is 14.1 Å². The maximum absolute atomic E-state index is 13.2. The highest BCUT2D eigenvalue weighted by Gasteiger charge is 2.16. The fourth-order valence-electron chi connectivity index (χ4n) is 1.14. The predicted molar refractivity (Wildman–Crippen MR) is 69.8 cm³/mol. The molecule has 82 valence electrons. The molecule has 0 aliphatic rings. The van der Waals surface area contributed by atoms with Gasteiger partial charge >= 0.3 is 0 Å². The highest BCUT2D eigenvalue weighted by atomic mass is 127. The van der Waals surface area contributed by atoms with Gasteiger partial charge in [0.2, 0.25) is 0 Å². The molecule has 1 rings (SSSR count). The number of nitrogens with zero attached hydrogens (tertiary/aromatic N) is 1. The van der Waals surface area contributed by atoms with Crippen LogP contribution in [0.3, 0.4) is 0 Å². The van der Waals surface area contributed by atoms with Crippen molar-refractivity contribution < 1.29 is 9.18 Å². The number of alkyl halides is 1. The first-order valence-corrected chi connectivity index (χ1v) is 6.43. The molecule has 0 aliphatic carbocycles. The summed E-state index contributed by atoms with van der Waals surface area (Å²) in [6, 6.07) is 2.71. The van der Waals surface area contributed by atoms with E-state index in [9.17, 15) is 9.18 Å². The minimum Gasteiger partial charge on any atom is -0.345 e. The topological polar surface area (TPSA) is 20.3 Å². The van der Waals surface area contributed by atoms with Gasteiger partial charge in [0.1, 0.15) is 5.82 Å². The molecule has 0 N–H and O–H groups in total. The van der Waals surface area contributed by atoms with Crippen LogP contribution in [0.4, 0.5) is 4.39 Å². The Bertz CT molecular complexity index is 395. The maximum Gasteiger partial charge on any atom is 0.254 e. The molecule has 0 saturated heterocycles. The quantitative estimate of drug-likeness (QED) is 0.566. The van der Waals surface area contributed by atoms with Crippen molar-refractivity contribution in [2.45, 2.75) is 5.33 Å². The number of halogens is 3. The maximum atomic E-state index is 13.2. The van der Waals surface area contributed by atoms with Crippen LogP contribution in [0.25, 0.3) is 0 Å². The van der Waals surface area contributed by atoms with E-state index in [4.69, 9.17) is 0 Å². The van der Waals surface area contributed by atoms with Gasteiger partial charge in [0.25, 0.3) is 5.91 Å². The standard InChI is InChI=1S/C10H10BrFINO/c1-14(2)10(15)8-4-7(12)3-6(5-11)9(8)13/h3-4H,5H2,1-2H3. The van der Waals surface area contributed by atoms with E-state index in [0.717, 1.165) is 9.13 Å². The zero-order chi connectivity index (χ0) is 11.6. The van der Waals surface area contributed by atoms with Crippen LogP contribution in [0.1, 0.15) is 15.9 Å². The summed E-state index contributed by atoms with van der Waals surface area (Å²) in [5.74, 6) is -0.559. The van der Waals surface area contributed by atoms with Gasteiger partial charge in [0, 0.05) is 23.0 Å². The number of benzene rings is 1. The molecule has 0 saturated carbocycles. The lowest BCUT2D eigenvalue weighted by Gasteiger charge is -2.13. The molecule has 0 unspecified atom stereocenters. The van der Waals surface area contributed by atoms with Crippen LogP contribution in [0, 0.1) is 9.39 Å². The average molecular weight is 386 g/mol. The van der Waals surface area contributed by atoms with Crippen LogP contribution in [-0.4, -0.2) is 24.9 Å². The van der Waals surface area contributed by atoms with Crippen molar-refractivity contribution in [3.8, 4) is 0 Å². The Morgan fingerprint density at radius 2 is 2.13 bits per heavy atom. The summed E-state index contributed by atoms with van der Waals surface area (Å²) >= 11 is 5.33. The van der Waals surface area contributed by atoms with Crippen molar-refractivity contribution in [3.05, 3.63) is 32.6 Å². The van der Waals surface area contributed by atoms with Gasteiger partial charge < -0.3 is 4.90 Å². The molecule has 0 bridgehead atoms. The van der Waals surface area contributed by atoms with Crippen molar-refractivity contribution >= 4 is 44.4 Å². The third-order valence-electron chi connectivity index (χ3n) is 1.89. The smallest absolute Gasteiger partial charge is 0.254 e. The molecule has 0 heterocycles. The third kappa shape index (κ3) is 2.90. The SMILES string of the molecule is CN(C)C(=O)c1cc(F)cc(CBr)c1I. The number of hydrogen-bond donors (Lipinski definition) is 0. The molecule has 5 heteroatoms. The Kier molecular flexibility index (Phi) is 4.51. The van der Waals surface area contributed by atoms with Gasteiger partial charge in [0.15, 0.2) is 0 Å². The van der Waals surface area contributed by atoms with Crippen LogP contribution < -0.4 is 0 Å². The summed E-state index contributed by atoms with van der Waals surface area (Å²) in [4.78, 5) is 13.2. The molecule has 15 heavy (non-hydrogen) atoms. The highest BCUT2D eigenvalue weighted by Crippen LogP contribution is 2.22. The van der Waals surface area contributed by atoms with Gasteiger partial charge in [-0.1, -0.05) is 15.9 Å². The first-order valence-electron chi connectivity index (χ1n) is 4.23. The fourth-order valence-corrected chi connectivity index (χ4v) is 2.84. The minimum atomic E-state index is -0.380. The minimum absolute atomic E-state index is 0.180. The summed E-state index contributed by atoms with van der Waals surface area (Å²) in [6.07, 6.45) is 0. The first-order chi connectivity index (χ1) is 6.97. The second kappa shape index (κ2) is 5.25. The molecule has 0 aromatic heterocycles. The van der Waals surface area contributed by atoms with E-state index in [2.05, 4.69) is 38.5 Å². The average Bonchev–Trinajstić information content (AvgIpc) is 2.19. The molecule has 0 aliphatic heterocycles. The van der Waals surface area contributed by atoms with E-state index < -0.39 is 0 Å². The van der Waals surface area contributed by atoms with Crippen LogP contribution in [0.2, 0.25) is 0 Å². The molecule has 0 radical (unpaired) electrons. The van der Waals surface area contributed by atoms with Crippen LogP contribution in [-0.2, 0) is 5.33 Å². The lowest BCUT2D eigenvalue weighted by Crippen LogP contribution is -2.23. The number of hydrogen-bond acceptors (Lipinski definition) is 1. The summed E-state index contributed by atoms with van der Waals surface area (Å²) in [5.41, 5.74) is 1.20. The molecule has 0 atom stereocenters. The zero-order valence-electron chi connectivity index (χ0n) is 8.35. The first kappa shape index (κ1) is 12.9. The molecular formula is C10H10BrFINO. The van der Waals surface area contributed by atoms with Crippen LogP contribution in [0.15, 0.2) is 12.1 Å². The third-order valence-corrected chi connectivity index (χ3v) is 3.77. The summed E-state index contributed by atoms with van der Waals surface area (Å²) in [6.45, 7) is 0. The number of carbonyl (C=O) groups excluding carboxylic acids is 1. The monoisotopic (exact) mass is 385 g/mol. The van der Waals surface area contributed by atoms with Gasteiger partial charge in [-0.05, 0) is 40.3 Å². The van der Waals surface area contributed by atoms with E-state index in [1.165, 1.54) is 17.0 Å². The lowest BCUT2D eigenvalue weighted by atomic mass is 10.1. The molecule has 0 fully saturated rings. The van der Waals surface area contributed by atoms with Crippen molar-refractivity contribution in [3.63, 3.8) is 0 Å². The molecule has 0 spiro atoms. The van der Waals surface area contributed by atoms with Crippen molar-refractivity contribution in [1.82, 2.24) is 4.90 Å². The van der Waals surface area contributed by atoms with E-state index >= 15 is 0 Å². The Balaban J connectivity index is 3.29. The predicted octanol–water partition coefficient (Wildman–Crippen LogP) is 3.03.